The van der Waals surface area contributed by atoms with Gasteiger partial charge in [0, 0.05) is 48.4 Å². The molecule has 0 fully saturated rings. The molecule has 11 heteroatoms. The summed E-state index contributed by atoms with van der Waals surface area (Å²) < 4.78 is 0. The molecule has 0 radical (unpaired) electrons. The third kappa shape index (κ3) is 10.6. The van der Waals surface area contributed by atoms with Crippen LogP contribution in [0.5, 0.6) is 0 Å². The fourth-order valence-corrected chi connectivity index (χ4v) is 5.34. The van der Waals surface area contributed by atoms with Crippen molar-refractivity contribution in [3.05, 3.63) is 162 Å². The van der Waals surface area contributed by atoms with Crippen LogP contribution in [0.4, 0.5) is 21.2 Å². The number of aromatic nitrogens is 1. The number of carbonyl (C=O) groups is 2. The molecule has 1 aromatic heterocycles. The molecule has 54 heavy (non-hydrogen) atoms. The minimum absolute atomic E-state index is 0.263. The SMILES string of the molecule is CCN(CC)C(=O)/N=C(/N=C(Nc1cccc(NC(=N/C(=N/C(=O)N(CC)CC)c2ccccc2)c2ccccc2)n1)c1ccccc1)c1ccccc1. The highest BCUT2D eigenvalue weighted by Crippen LogP contribution is 2.16. The Bertz CT molecular complexity index is 1940. The van der Waals surface area contributed by atoms with Gasteiger partial charge in [0.1, 0.15) is 23.3 Å². The van der Waals surface area contributed by atoms with Crippen LogP contribution in [0.25, 0.3) is 0 Å². The first-order valence-corrected chi connectivity index (χ1v) is 18.1. The number of nitrogens with zero attached hydrogens (tertiary/aromatic N) is 7. The Morgan fingerprint density at radius 2 is 0.759 bits per heavy atom. The second kappa shape index (κ2) is 19.7. The van der Waals surface area contributed by atoms with Crippen molar-refractivity contribution in [2.24, 2.45) is 20.0 Å². The molecule has 0 saturated carbocycles. The molecule has 4 amide bonds. The Kier molecular flexibility index (Phi) is 14.1. The maximum Gasteiger partial charge on any atom is 0.345 e. The Hall–Kier alpha value is -6.75. The molecule has 1 heterocycles. The van der Waals surface area contributed by atoms with Gasteiger partial charge in [-0.05, 0) is 39.8 Å². The topological polar surface area (TPSA) is 127 Å². The average Bonchev–Trinajstić information content (AvgIpc) is 3.22. The Morgan fingerprint density at radius 3 is 1.07 bits per heavy atom. The highest BCUT2D eigenvalue weighted by Gasteiger charge is 2.16. The van der Waals surface area contributed by atoms with Crippen LogP contribution >= 0.6 is 0 Å². The van der Waals surface area contributed by atoms with Gasteiger partial charge < -0.3 is 20.4 Å². The summed E-state index contributed by atoms with van der Waals surface area (Å²) >= 11 is 0. The van der Waals surface area contributed by atoms with E-state index in [2.05, 4.69) is 20.6 Å². The van der Waals surface area contributed by atoms with Crippen LogP contribution < -0.4 is 10.6 Å². The van der Waals surface area contributed by atoms with Crippen molar-refractivity contribution in [3.63, 3.8) is 0 Å². The average molecular weight is 720 g/mol. The molecule has 0 aliphatic heterocycles. The van der Waals surface area contributed by atoms with Gasteiger partial charge in [-0.15, -0.1) is 0 Å². The second-order valence-corrected chi connectivity index (χ2v) is 11.8. The fraction of sp³-hybridized carbons (Fsp3) is 0.186. The fourth-order valence-electron chi connectivity index (χ4n) is 5.34. The van der Waals surface area contributed by atoms with Gasteiger partial charge in [-0.25, -0.2) is 24.6 Å². The number of urea groups is 2. The molecule has 5 aromatic rings. The number of anilines is 2. The number of benzene rings is 4. The first kappa shape index (κ1) is 38.5. The maximum absolute atomic E-state index is 13.2. The highest BCUT2D eigenvalue weighted by molar-refractivity contribution is 6.19. The van der Waals surface area contributed by atoms with E-state index < -0.39 is 0 Å². The first-order valence-electron chi connectivity index (χ1n) is 18.1. The molecule has 0 saturated heterocycles. The van der Waals surface area contributed by atoms with Gasteiger partial charge >= 0.3 is 12.1 Å². The molecular formula is C43H45N9O2. The summed E-state index contributed by atoms with van der Waals surface area (Å²) in [6.45, 7) is 9.77. The quantitative estimate of drug-likeness (QED) is 0.110. The number of aliphatic imine (C=N–C) groups is 4. The van der Waals surface area contributed by atoms with Crippen molar-refractivity contribution in [2.45, 2.75) is 27.7 Å². The van der Waals surface area contributed by atoms with E-state index in [4.69, 9.17) is 15.0 Å². The zero-order chi connectivity index (χ0) is 38.1. The smallest absolute Gasteiger partial charge is 0.324 e. The normalized spacial score (nSPS) is 12.2. The number of pyridine rings is 1. The van der Waals surface area contributed by atoms with Crippen molar-refractivity contribution in [1.29, 1.82) is 0 Å². The largest absolute Gasteiger partial charge is 0.345 e. The summed E-state index contributed by atoms with van der Waals surface area (Å²) in [5.41, 5.74) is 2.92. The zero-order valence-corrected chi connectivity index (χ0v) is 31.1. The lowest BCUT2D eigenvalue weighted by Crippen LogP contribution is -2.29. The molecule has 0 unspecified atom stereocenters. The minimum atomic E-state index is -0.371. The van der Waals surface area contributed by atoms with E-state index in [1.54, 1.807) is 9.80 Å². The van der Waals surface area contributed by atoms with Crippen LogP contribution in [0.15, 0.2) is 159 Å². The van der Waals surface area contributed by atoms with Crippen molar-refractivity contribution < 1.29 is 9.59 Å². The summed E-state index contributed by atoms with van der Waals surface area (Å²) in [5.74, 6) is 2.37. The number of hydrogen-bond donors (Lipinski definition) is 2. The van der Waals surface area contributed by atoms with Gasteiger partial charge in [-0.2, -0.15) is 9.98 Å². The van der Waals surface area contributed by atoms with Gasteiger partial charge in [0.2, 0.25) is 0 Å². The molecule has 0 atom stereocenters. The van der Waals surface area contributed by atoms with Gasteiger partial charge in [-0.1, -0.05) is 127 Å². The summed E-state index contributed by atoms with van der Waals surface area (Å²) in [6, 6.07) is 42.8. The molecule has 0 aliphatic carbocycles. The minimum Gasteiger partial charge on any atom is -0.324 e. The lowest BCUT2D eigenvalue weighted by molar-refractivity contribution is 0.212. The van der Waals surface area contributed by atoms with E-state index >= 15 is 0 Å². The van der Waals surface area contributed by atoms with E-state index in [1.165, 1.54) is 0 Å². The van der Waals surface area contributed by atoms with Crippen LogP contribution in [0.2, 0.25) is 0 Å². The monoisotopic (exact) mass is 719 g/mol. The lowest BCUT2D eigenvalue weighted by atomic mass is 10.2. The molecule has 0 spiro atoms. The zero-order valence-electron chi connectivity index (χ0n) is 31.1. The summed E-state index contributed by atoms with van der Waals surface area (Å²) in [6.07, 6.45) is 0. The number of carbonyl (C=O) groups excluding carboxylic acids is 2. The van der Waals surface area contributed by atoms with Gasteiger partial charge in [0.15, 0.2) is 11.7 Å². The standard InChI is InChI=1S/C43H45N9O2/c1-5-51(6-2)42(53)49-40(34-26-17-11-18-27-34)47-38(32-22-13-9-14-23-32)45-36-30-21-31-37(44-36)46-39(33-24-15-10-16-25-33)48-41(35-28-19-12-20-29-35)50-43(54)52(7-3)8-4/h9-31H,5-8H2,1-4H3,(H2,44,45,46,47,48,49,50,53,54). The molecule has 2 N–H and O–H groups in total. The third-order valence-electron chi connectivity index (χ3n) is 8.31. The van der Waals surface area contributed by atoms with Crippen LogP contribution in [-0.4, -0.2) is 76.4 Å². The van der Waals surface area contributed by atoms with Gasteiger partial charge in [0.05, 0.1) is 0 Å². The van der Waals surface area contributed by atoms with Crippen molar-refractivity contribution >= 4 is 47.0 Å². The highest BCUT2D eigenvalue weighted by atomic mass is 16.2. The number of amidine groups is 4. The molecule has 5 rings (SSSR count). The van der Waals surface area contributed by atoms with Crippen LogP contribution in [0, 0.1) is 0 Å². The van der Waals surface area contributed by atoms with E-state index in [-0.39, 0.29) is 23.7 Å². The van der Waals surface area contributed by atoms with Crippen molar-refractivity contribution in [3.8, 4) is 0 Å². The number of nitrogens with one attached hydrogen (secondary N) is 2. The van der Waals surface area contributed by atoms with Crippen LogP contribution in [-0.2, 0) is 0 Å². The summed E-state index contributed by atoms with van der Waals surface area (Å²) in [7, 11) is 0. The Labute approximate surface area is 317 Å². The molecule has 0 aliphatic rings. The predicted octanol–water partition coefficient (Wildman–Crippen LogP) is 8.62. The Balaban J connectivity index is 1.56. The van der Waals surface area contributed by atoms with Gasteiger partial charge in [-0.3, -0.25) is 0 Å². The Morgan fingerprint density at radius 1 is 0.444 bits per heavy atom. The van der Waals surface area contributed by atoms with Crippen molar-refractivity contribution in [1.82, 2.24) is 14.8 Å². The first-order chi connectivity index (χ1) is 26.4. The van der Waals surface area contributed by atoms with E-state index in [0.29, 0.717) is 60.6 Å². The number of amides is 4. The third-order valence-corrected chi connectivity index (χ3v) is 8.31. The van der Waals surface area contributed by atoms with Crippen LogP contribution in [0.1, 0.15) is 49.9 Å². The molecular weight excluding hydrogens is 675 g/mol. The lowest BCUT2D eigenvalue weighted by Gasteiger charge is -2.17. The van der Waals surface area contributed by atoms with E-state index in [1.807, 2.05) is 167 Å². The van der Waals surface area contributed by atoms with E-state index in [9.17, 15) is 9.59 Å². The molecule has 11 nitrogen and oxygen atoms in total. The van der Waals surface area contributed by atoms with Crippen LogP contribution in [0.3, 0.4) is 0 Å². The number of rotatable bonds is 10. The van der Waals surface area contributed by atoms with E-state index in [0.717, 1.165) is 11.1 Å². The molecule has 274 valence electrons. The second-order valence-electron chi connectivity index (χ2n) is 11.8. The molecule has 4 aromatic carbocycles. The van der Waals surface area contributed by atoms with Crippen molar-refractivity contribution in [2.75, 3.05) is 36.8 Å². The maximum atomic E-state index is 13.2. The molecule has 0 bridgehead atoms. The number of hydrogen-bond acceptors (Lipinski definition) is 3. The predicted molar refractivity (Wildman–Crippen MR) is 220 cm³/mol. The summed E-state index contributed by atoms with van der Waals surface area (Å²) in [4.78, 5) is 53.4. The van der Waals surface area contributed by atoms with Gasteiger partial charge in [0.25, 0.3) is 0 Å². The summed E-state index contributed by atoms with van der Waals surface area (Å²) in [5, 5.41) is 6.75.